The van der Waals surface area contributed by atoms with E-state index in [1.165, 1.54) is 6.92 Å². The Morgan fingerprint density at radius 2 is 1.91 bits per heavy atom. The minimum atomic E-state index is -4.27. The van der Waals surface area contributed by atoms with Gasteiger partial charge in [-0.15, -0.1) is 0 Å². The first-order valence-electron chi connectivity index (χ1n) is 2.92. The summed E-state index contributed by atoms with van der Waals surface area (Å²) in [6.07, 6.45) is -0.611. The van der Waals surface area contributed by atoms with Gasteiger partial charge in [0.05, 0.1) is 6.42 Å². The van der Waals surface area contributed by atoms with E-state index in [9.17, 15) is 13.2 Å². The highest BCUT2D eigenvalue weighted by atomic mass is 32.2. The molecule has 0 aromatic rings. The molecule has 0 amide bonds. The smallest absolute Gasteiger partial charge is 0.305 e. The van der Waals surface area contributed by atoms with Crippen LogP contribution in [-0.2, 0) is 14.9 Å². The number of rotatable bonds is 4. The monoisotopic (exact) mass is 181 g/mol. The number of carbonyl (C=O) groups is 1. The zero-order valence-corrected chi connectivity index (χ0v) is 6.76. The van der Waals surface area contributed by atoms with Crippen LogP contribution in [0.5, 0.6) is 0 Å². The van der Waals surface area contributed by atoms with Crippen LogP contribution in [0.2, 0.25) is 0 Å². The molecule has 0 rings (SSSR count). The minimum absolute atomic E-state index is 0.0190. The van der Waals surface area contributed by atoms with E-state index in [-0.39, 0.29) is 11.7 Å². The van der Waals surface area contributed by atoms with Gasteiger partial charge in [0.25, 0.3) is 10.1 Å². The summed E-state index contributed by atoms with van der Waals surface area (Å²) in [4.78, 5) is 10.0. The first kappa shape index (κ1) is 10.4. The van der Waals surface area contributed by atoms with Gasteiger partial charge in [0.2, 0.25) is 0 Å². The van der Waals surface area contributed by atoms with Crippen molar-refractivity contribution in [2.75, 3.05) is 0 Å². The largest absolute Gasteiger partial charge is 0.481 e. The van der Waals surface area contributed by atoms with E-state index < -0.39 is 22.5 Å². The Balaban J connectivity index is 4.31. The molecule has 0 atom stereocenters. The second-order valence-electron chi connectivity index (χ2n) is 1.94. The van der Waals surface area contributed by atoms with Crippen molar-refractivity contribution < 1.29 is 22.9 Å². The third kappa shape index (κ3) is 3.94. The molecule has 0 fully saturated rings. The van der Waals surface area contributed by atoms with Gasteiger partial charge in [0, 0.05) is 0 Å². The second kappa shape index (κ2) is 3.68. The van der Waals surface area contributed by atoms with Gasteiger partial charge in [0.1, 0.15) is 5.25 Å². The van der Waals surface area contributed by atoms with Crippen molar-refractivity contribution in [1.82, 2.24) is 0 Å². The molecular weight excluding hydrogens is 172 g/mol. The second-order valence-corrected chi connectivity index (χ2v) is 3.47. The molecule has 0 bridgehead atoms. The number of hydrogen-bond donors (Lipinski definition) is 2. The topological polar surface area (TPSA) is 91.7 Å². The average Bonchev–Trinajstić information content (AvgIpc) is 1.79. The molecule has 0 aliphatic carbocycles. The summed E-state index contributed by atoms with van der Waals surface area (Å²) in [5.41, 5.74) is 0. The van der Waals surface area contributed by atoms with Crippen LogP contribution in [-0.4, -0.2) is 24.0 Å². The average molecular weight is 181 g/mol. The van der Waals surface area contributed by atoms with Crippen molar-refractivity contribution in [2.45, 2.75) is 19.8 Å². The lowest BCUT2D eigenvalue weighted by Crippen LogP contribution is -2.14. The van der Waals surface area contributed by atoms with Gasteiger partial charge in [-0.2, -0.15) is 8.42 Å². The molecule has 0 saturated heterocycles. The van der Waals surface area contributed by atoms with Crippen LogP contribution in [0.15, 0.2) is 0 Å². The molecule has 5 nitrogen and oxygen atoms in total. The molecule has 0 aromatic carbocycles. The number of carboxylic acids is 1. The summed E-state index contributed by atoms with van der Waals surface area (Å²) in [7, 11) is -4.27. The lowest BCUT2D eigenvalue weighted by atomic mass is 10.2. The van der Waals surface area contributed by atoms with E-state index in [0.717, 1.165) is 0 Å². The third-order valence-corrected chi connectivity index (χ3v) is 2.27. The molecule has 1 radical (unpaired) electrons. The van der Waals surface area contributed by atoms with E-state index >= 15 is 0 Å². The first-order valence-corrected chi connectivity index (χ1v) is 4.36. The molecule has 6 heteroatoms. The van der Waals surface area contributed by atoms with Crippen molar-refractivity contribution in [3.8, 4) is 0 Å². The van der Waals surface area contributed by atoms with Crippen LogP contribution >= 0.6 is 0 Å². The summed E-state index contributed by atoms with van der Waals surface area (Å²) in [5, 5.41) is 7.81. The molecular formula is C5H9O5S. The Morgan fingerprint density at radius 3 is 2.00 bits per heavy atom. The molecule has 2 N–H and O–H groups in total. The molecule has 0 heterocycles. The normalized spacial score (nSPS) is 11.9. The zero-order valence-electron chi connectivity index (χ0n) is 5.94. The van der Waals surface area contributed by atoms with Crippen LogP contribution < -0.4 is 0 Å². The fourth-order valence-corrected chi connectivity index (χ4v) is 1.24. The Labute approximate surface area is 64.8 Å². The number of hydrogen-bond acceptors (Lipinski definition) is 3. The quantitative estimate of drug-likeness (QED) is 0.608. The molecule has 0 spiro atoms. The van der Waals surface area contributed by atoms with Crippen molar-refractivity contribution >= 4 is 16.1 Å². The highest BCUT2D eigenvalue weighted by molar-refractivity contribution is 7.88. The van der Waals surface area contributed by atoms with Gasteiger partial charge < -0.3 is 5.11 Å². The Hall–Kier alpha value is -0.620. The van der Waals surface area contributed by atoms with Crippen LogP contribution in [0.3, 0.4) is 0 Å². The summed E-state index contributed by atoms with van der Waals surface area (Å²) in [6.45, 7) is 1.46. The fourth-order valence-electron chi connectivity index (χ4n) is 0.567. The molecule has 65 valence electrons. The SMILES string of the molecule is CC[C](CC(=O)O)S(=O)(=O)O. The van der Waals surface area contributed by atoms with Crippen molar-refractivity contribution in [1.29, 1.82) is 0 Å². The Morgan fingerprint density at radius 1 is 1.45 bits per heavy atom. The van der Waals surface area contributed by atoms with Crippen LogP contribution in [0.25, 0.3) is 0 Å². The van der Waals surface area contributed by atoms with E-state index in [1.807, 2.05) is 0 Å². The maximum Gasteiger partial charge on any atom is 0.305 e. The zero-order chi connectivity index (χ0) is 9.07. The summed E-state index contributed by atoms with van der Waals surface area (Å²) < 4.78 is 29.1. The number of carboxylic acid groups (broad SMARTS) is 1. The van der Waals surface area contributed by atoms with E-state index in [0.29, 0.717) is 0 Å². The molecule has 0 aliphatic heterocycles. The van der Waals surface area contributed by atoms with Crippen LogP contribution in [0, 0.1) is 5.25 Å². The minimum Gasteiger partial charge on any atom is -0.481 e. The van der Waals surface area contributed by atoms with Crippen molar-refractivity contribution in [3.63, 3.8) is 0 Å². The molecule has 0 unspecified atom stereocenters. The van der Waals surface area contributed by atoms with Crippen molar-refractivity contribution in [2.24, 2.45) is 0 Å². The van der Waals surface area contributed by atoms with Gasteiger partial charge in [-0.05, 0) is 6.42 Å². The van der Waals surface area contributed by atoms with Crippen molar-refractivity contribution in [3.05, 3.63) is 5.25 Å². The molecule has 0 saturated carbocycles. The van der Waals surface area contributed by atoms with Gasteiger partial charge >= 0.3 is 5.97 Å². The van der Waals surface area contributed by atoms with E-state index in [2.05, 4.69) is 0 Å². The highest BCUT2D eigenvalue weighted by Crippen LogP contribution is 2.17. The van der Waals surface area contributed by atoms with E-state index in [1.54, 1.807) is 0 Å². The first-order chi connectivity index (χ1) is 4.88. The summed E-state index contributed by atoms with van der Waals surface area (Å²) in [5.74, 6) is -1.26. The maximum atomic E-state index is 10.4. The number of aliphatic carboxylic acids is 1. The van der Waals surface area contributed by atoms with Gasteiger partial charge in [-0.1, -0.05) is 6.92 Å². The predicted molar refractivity (Wildman–Crippen MR) is 37.3 cm³/mol. The lowest BCUT2D eigenvalue weighted by molar-refractivity contribution is -0.136. The fraction of sp³-hybridized carbons (Fsp3) is 0.600. The molecule has 0 aliphatic rings. The Kier molecular flexibility index (Phi) is 3.47. The van der Waals surface area contributed by atoms with Gasteiger partial charge in [-0.25, -0.2) is 0 Å². The van der Waals surface area contributed by atoms with E-state index in [4.69, 9.17) is 9.66 Å². The predicted octanol–water partition coefficient (Wildman–Crippen LogP) is 0.291. The lowest BCUT2D eigenvalue weighted by Gasteiger charge is -2.05. The summed E-state index contributed by atoms with van der Waals surface area (Å²) in [6, 6.07) is 0. The van der Waals surface area contributed by atoms with Gasteiger partial charge in [0.15, 0.2) is 0 Å². The molecule has 0 aromatic heterocycles. The highest BCUT2D eigenvalue weighted by Gasteiger charge is 2.24. The maximum absolute atomic E-state index is 10.4. The standard InChI is InChI=1S/C5H9O5S/c1-2-4(3-5(6)7)11(8,9)10/h2-3H2,1H3,(H,6,7)(H,8,9,10). The van der Waals surface area contributed by atoms with Gasteiger partial charge in [-0.3, -0.25) is 9.35 Å². The van der Waals surface area contributed by atoms with Crippen LogP contribution in [0.4, 0.5) is 0 Å². The molecule has 11 heavy (non-hydrogen) atoms. The van der Waals surface area contributed by atoms with Crippen LogP contribution in [0.1, 0.15) is 19.8 Å². The third-order valence-electron chi connectivity index (χ3n) is 1.11. The Bertz CT molecular complexity index is 229. The summed E-state index contributed by atoms with van der Waals surface area (Å²) >= 11 is 0.